The molecule has 0 bridgehead atoms. The number of aromatic amines is 1. The van der Waals surface area contributed by atoms with Gasteiger partial charge in [0.25, 0.3) is 0 Å². The SMILES string of the molecule is N#Cc1ccc2[nH]cc(C3CCN(C4CCN(c5cccc6ncccc56)CC4)CC3)c2c1. The van der Waals surface area contributed by atoms with Gasteiger partial charge in [0.05, 0.1) is 17.1 Å². The van der Waals surface area contributed by atoms with Crippen molar-refractivity contribution in [1.29, 1.82) is 5.26 Å². The number of anilines is 1. The van der Waals surface area contributed by atoms with Crippen LogP contribution >= 0.6 is 0 Å². The van der Waals surface area contributed by atoms with Crippen LogP contribution < -0.4 is 4.90 Å². The zero-order chi connectivity index (χ0) is 22.2. The summed E-state index contributed by atoms with van der Waals surface area (Å²) in [6.07, 6.45) is 8.88. The minimum atomic E-state index is 0.576. The molecule has 2 aromatic carbocycles. The molecule has 0 aliphatic carbocycles. The zero-order valence-electron chi connectivity index (χ0n) is 18.9. The second-order valence-electron chi connectivity index (χ2n) is 9.49. The Bertz CT molecular complexity index is 1310. The predicted molar refractivity (Wildman–Crippen MR) is 134 cm³/mol. The number of rotatable bonds is 3. The fourth-order valence-corrected chi connectivity index (χ4v) is 5.96. The Morgan fingerprint density at radius 3 is 2.58 bits per heavy atom. The summed E-state index contributed by atoms with van der Waals surface area (Å²) < 4.78 is 0. The molecular formula is C28H29N5. The van der Waals surface area contributed by atoms with E-state index in [-0.39, 0.29) is 0 Å². The van der Waals surface area contributed by atoms with Crippen molar-refractivity contribution in [2.75, 3.05) is 31.1 Å². The van der Waals surface area contributed by atoms with Crippen LogP contribution in [0.1, 0.15) is 42.7 Å². The van der Waals surface area contributed by atoms with Gasteiger partial charge < -0.3 is 14.8 Å². The Labute approximate surface area is 194 Å². The number of likely N-dealkylation sites (tertiary alicyclic amines) is 1. The van der Waals surface area contributed by atoms with Crippen LogP contribution in [0.15, 0.2) is 60.9 Å². The molecule has 5 heteroatoms. The number of aromatic nitrogens is 2. The molecule has 0 amide bonds. The van der Waals surface area contributed by atoms with Gasteiger partial charge in [0.2, 0.25) is 0 Å². The number of nitrogens with zero attached hydrogens (tertiary/aromatic N) is 4. The van der Waals surface area contributed by atoms with Crippen LogP contribution in [0.5, 0.6) is 0 Å². The number of hydrogen-bond acceptors (Lipinski definition) is 4. The highest BCUT2D eigenvalue weighted by Crippen LogP contribution is 2.36. The van der Waals surface area contributed by atoms with Crippen LogP contribution in [-0.2, 0) is 0 Å². The van der Waals surface area contributed by atoms with Crippen LogP contribution in [0.2, 0.25) is 0 Å². The molecule has 0 atom stereocenters. The molecule has 2 saturated heterocycles. The van der Waals surface area contributed by atoms with Gasteiger partial charge in [-0.3, -0.25) is 4.98 Å². The van der Waals surface area contributed by atoms with Crippen LogP contribution in [0.4, 0.5) is 5.69 Å². The number of nitrogens with one attached hydrogen (secondary N) is 1. The first kappa shape index (κ1) is 20.3. The topological polar surface area (TPSA) is 59.0 Å². The highest BCUT2D eigenvalue weighted by molar-refractivity contribution is 5.91. The molecule has 0 saturated carbocycles. The molecular weight excluding hydrogens is 406 g/mol. The lowest BCUT2D eigenvalue weighted by atomic mass is 9.87. The normalized spacial score (nSPS) is 18.7. The third kappa shape index (κ3) is 3.75. The van der Waals surface area contributed by atoms with E-state index in [1.165, 1.54) is 47.7 Å². The largest absolute Gasteiger partial charge is 0.371 e. The summed E-state index contributed by atoms with van der Waals surface area (Å²) in [5.74, 6) is 0.576. The maximum atomic E-state index is 9.28. The minimum Gasteiger partial charge on any atom is -0.371 e. The average Bonchev–Trinajstić information content (AvgIpc) is 3.32. The van der Waals surface area contributed by atoms with Crippen LogP contribution in [0.25, 0.3) is 21.8 Å². The number of pyridine rings is 1. The lowest BCUT2D eigenvalue weighted by molar-refractivity contribution is 0.132. The Hall–Kier alpha value is -3.36. The second kappa shape index (κ2) is 8.53. The summed E-state index contributed by atoms with van der Waals surface area (Å²) in [7, 11) is 0. The fraction of sp³-hybridized carbons (Fsp3) is 0.357. The van der Waals surface area contributed by atoms with E-state index in [0.29, 0.717) is 12.0 Å². The van der Waals surface area contributed by atoms with Crippen molar-refractivity contribution in [3.05, 3.63) is 72.1 Å². The molecule has 6 rings (SSSR count). The monoisotopic (exact) mass is 435 g/mol. The smallest absolute Gasteiger partial charge is 0.0991 e. The van der Waals surface area contributed by atoms with E-state index in [2.05, 4.69) is 56.3 Å². The van der Waals surface area contributed by atoms with E-state index in [0.717, 1.165) is 42.8 Å². The molecule has 2 aliphatic heterocycles. The quantitative estimate of drug-likeness (QED) is 0.466. The summed E-state index contributed by atoms with van der Waals surface area (Å²) in [4.78, 5) is 13.2. The fourth-order valence-electron chi connectivity index (χ4n) is 5.96. The molecule has 166 valence electrons. The van der Waals surface area contributed by atoms with Gasteiger partial charge in [-0.15, -0.1) is 0 Å². The maximum absolute atomic E-state index is 9.28. The first-order chi connectivity index (χ1) is 16.3. The van der Waals surface area contributed by atoms with Gasteiger partial charge in [-0.1, -0.05) is 6.07 Å². The van der Waals surface area contributed by atoms with E-state index < -0.39 is 0 Å². The van der Waals surface area contributed by atoms with Crippen molar-refractivity contribution >= 4 is 27.5 Å². The number of benzene rings is 2. The molecule has 0 unspecified atom stereocenters. The highest BCUT2D eigenvalue weighted by Gasteiger charge is 2.30. The molecule has 4 aromatic rings. The minimum absolute atomic E-state index is 0.576. The molecule has 2 aliphatic rings. The van der Waals surface area contributed by atoms with E-state index in [9.17, 15) is 5.26 Å². The molecule has 4 heterocycles. The Balaban J connectivity index is 1.10. The highest BCUT2D eigenvalue weighted by atomic mass is 15.2. The lowest BCUT2D eigenvalue weighted by Crippen LogP contribution is -2.47. The molecule has 0 spiro atoms. The molecule has 0 radical (unpaired) electrons. The van der Waals surface area contributed by atoms with E-state index >= 15 is 0 Å². The van der Waals surface area contributed by atoms with E-state index in [1.807, 2.05) is 30.5 Å². The third-order valence-corrected chi connectivity index (χ3v) is 7.76. The summed E-state index contributed by atoms with van der Waals surface area (Å²) in [5, 5.41) is 11.8. The number of piperidine rings is 2. The number of hydrogen-bond donors (Lipinski definition) is 1. The van der Waals surface area contributed by atoms with Gasteiger partial charge >= 0.3 is 0 Å². The summed E-state index contributed by atoms with van der Waals surface area (Å²) in [6, 6.07) is 19.7. The van der Waals surface area contributed by atoms with Crippen molar-refractivity contribution in [3.63, 3.8) is 0 Å². The van der Waals surface area contributed by atoms with Gasteiger partial charge in [0.1, 0.15) is 0 Å². The van der Waals surface area contributed by atoms with Gasteiger partial charge in [-0.2, -0.15) is 5.26 Å². The Kier molecular flexibility index (Phi) is 5.24. The third-order valence-electron chi connectivity index (χ3n) is 7.76. The number of nitriles is 1. The van der Waals surface area contributed by atoms with Crippen molar-refractivity contribution in [2.24, 2.45) is 0 Å². The summed E-state index contributed by atoms with van der Waals surface area (Å²) in [5.41, 5.74) is 5.69. The average molecular weight is 436 g/mol. The van der Waals surface area contributed by atoms with Crippen molar-refractivity contribution in [2.45, 2.75) is 37.6 Å². The van der Waals surface area contributed by atoms with Crippen LogP contribution in [0.3, 0.4) is 0 Å². The molecule has 2 fully saturated rings. The van der Waals surface area contributed by atoms with Crippen molar-refractivity contribution in [3.8, 4) is 6.07 Å². The summed E-state index contributed by atoms with van der Waals surface area (Å²) in [6.45, 7) is 4.55. The predicted octanol–water partition coefficient (Wildman–Crippen LogP) is 5.44. The van der Waals surface area contributed by atoms with Gasteiger partial charge in [-0.05, 0) is 92.7 Å². The van der Waals surface area contributed by atoms with E-state index in [1.54, 1.807) is 0 Å². The van der Waals surface area contributed by atoms with Crippen LogP contribution in [0, 0.1) is 11.3 Å². The molecule has 1 N–H and O–H groups in total. The lowest BCUT2D eigenvalue weighted by Gasteiger charge is -2.42. The number of H-pyrrole nitrogens is 1. The zero-order valence-corrected chi connectivity index (χ0v) is 18.9. The van der Waals surface area contributed by atoms with Crippen LogP contribution in [-0.4, -0.2) is 47.1 Å². The molecule has 5 nitrogen and oxygen atoms in total. The van der Waals surface area contributed by atoms with Crippen molar-refractivity contribution in [1.82, 2.24) is 14.9 Å². The maximum Gasteiger partial charge on any atom is 0.0991 e. The molecule has 33 heavy (non-hydrogen) atoms. The van der Waals surface area contributed by atoms with Gasteiger partial charge in [0, 0.05) is 53.5 Å². The summed E-state index contributed by atoms with van der Waals surface area (Å²) >= 11 is 0. The standard InChI is InChI=1S/C28H29N5/c29-18-20-6-7-27-24(17-20)25(19-31-27)21-8-13-32(14-9-21)22-10-15-33(16-11-22)28-5-1-4-26-23(28)3-2-12-30-26/h1-7,12,17,19,21-22,31H,8-11,13-16H2. The Morgan fingerprint density at radius 1 is 0.909 bits per heavy atom. The first-order valence-electron chi connectivity index (χ1n) is 12.1. The Morgan fingerprint density at radius 2 is 1.76 bits per heavy atom. The molecule has 2 aromatic heterocycles. The first-order valence-corrected chi connectivity index (χ1v) is 12.1. The second-order valence-corrected chi connectivity index (χ2v) is 9.49. The van der Waals surface area contributed by atoms with Gasteiger partial charge in [0.15, 0.2) is 0 Å². The van der Waals surface area contributed by atoms with Gasteiger partial charge in [-0.25, -0.2) is 0 Å². The van der Waals surface area contributed by atoms with E-state index in [4.69, 9.17) is 0 Å². The number of fused-ring (bicyclic) bond motifs is 2. The van der Waals surface area contributed by atoms with Crippen molar-refractivity contribution < 1.29 is 0 Å².